The molecule has 0 bridgehead atoms. The molecule has 1 fully saturated rings. The highest BCUT2D eigenvalue weighted by Crippen LogP contribution is 2.22. The Hall–Kier alpha value is -2.02. The quantitative estimate of drug-likeness (QED) is 0.755. The van der Waals surface area contributed by atoms with Gasteiger partial charge in [-0.25, -0.2) is 9.79 Å². The van der Waals surface area contributed by atoms with Crippen molar-refractivity contribution in [2.24, 2.45) is 15.9 Å². The summed E-state index contributed by atoms with van der Waals surface area (Å²) in [5, 5.41) is 0. The Labute approximate surface area is 117 Å². The molecule has 2 heterocycles. The van der Waals surface area contributed by atoms with Gasteiger partial charge < -0.3 is 4.74 Å². The van der Waals surface area contributed by atoms with Crippen LogP contribution in [0.15, 0.2) is 22.3 Å². The van der Waals surface area contributed by atoms with E-state index in [9.17, 15) is 9.59 Å². The number of fused-ring (bicyclic) bond motifs is 1. The number of urea groups is 1. The highest BCUT2D eigenvalue weighted by molar-refractivity contribution is 6.31. The molecule has 2 aliphatic heterocycles. The summed E-state index contributed by atoms with van der Waals surface area (Å²) >= 11 is 0. The second-order valence-corrected chi connectivity index (χ2v) is 4.83. The Kier molecular flexibility index (Phi) is 3.99. The molecule has 108 valence electrons. The zero-order valence-corrected chi connectivity index (χ0v) is 12.0. The lowest BCUT2D eigenvalue weighted by Gasteiger charge is -2.36. The van der Waals surface area contributed by atoms with Crippen LogP contribution in [0.5, 0.6) is 0 Å². The van der Waals surface area contributed by atoms with E-state index in [4.69, 9.17) is 4.74 Å². The van der Waals surface area contributed by atoms with Crippen LogP contribution in [0.1, 0.15) is 6.92 Å². The molecule has 1 saturated heterocycles. The number of allylic oxidation sites excluding steroid dienone is 1. The number of imide groups is 1. The average Bonchev–Trinajstić information content (AvgIpc) is 2.43. The maximum absolute atomic E-state index is 12.3. The number of amidine groups is 1. The van der Waals surface area contributed by atoms with Crippen LogP contribution in [0.3, 0.4) is 0 Å². The minimum atomic E-state index is -0.619. The summed E-state index contributed by atoms with van der Waals surface area (Å²) in [4.78, 5) is 35.3. The van der Waals surface area contributed by atoms with Gasteiger partial charge in [-0.2, -0.15) is 0 Å². The van der Waals surface area contributed by atoms with Gasteiger partial charge in [0, 0.05) is 27.4 Å². The second kappa shape index (κ2) is 5.54. The van der Waals surface area contributed by atoms with Gasteiger partial charge in [0.1, 0.15) is 11.8 Å². The summed E-state index contributed by atoms with van der Waals surface area (Å²) in [5.74, 6) is -0.504. The van der Waals surface area contributed by atoms with Crippen LogP contribution in [-0.4, -0.2) is 67.1 Å². The number of nitrogens with zero attached hydrogens (tertiary/aromatic N) is 4. The van der Waals surface area contributed by atoms with Crippen molar-refractivity contribution in [1.29, 1.82) is 0 Å². The minimum absolute atomic E-state index is 0.0694. The van der Waals surface area contributed by atoms with Crippen LogP contribution in [0.25, 0.3) is 0 Å². The Balaban J connectivity index is 2.36. The Morgan fingerprint density at radius 3 is 2.75 bits per heavy atom. The van der Waals surface area contributed by atoms with Gasteiger partial charge in [-0.1, -0.05) is 0 Å². The lowest BCUT2D eigenvalue weighted by molar-refractivity contribution is -0.128. The molecule has 0 aromatic carbocycles. The van der Waals surface area contributed by atoms with Crippen molar-refractivity contribution >= 4 is 23.5 Å². The van der Waals surface area contributed by atoms with E-state index in [1.165, 1.54) is 11.9 Å². The molecule has 0 aliphatic carbocycles. The summed E-state index contributed by atoms with van der Waals surface area (Å²) in [6, 6.07) is -0.454. The minimum Gasteiger partial charge on any atom is -0.382 e. The highest BCUT2D eigenvalue weighted by atomic mass is 16.5. The molecule has 0 N–H and O–H groups in total. The molecule has 2 unspecified atom stereocenters. The van der Waals surface area contributed by atoms with Crippen LogP contribution >= 0.6 is 0 Å². The molecule has 3 amide bonds. The lowest BCUT2D eigenvalue weighted by Crippen LogP contribution is -2.59. The molecule has 2 atom stereocenters. The second-order valence-electron chi connectivity index (χ2n) is 4.83. The fourth-order valence-corrected chi connectivity index (χ4v) is 2.27. The Morgan fingerprint density at radius 1 is 1.40 bits per heavy atom. The molecular formula is C13H18N4O3. The Bertz CT molecular complexity index is 524. The van der Waals surface area contributed by atoms with Gasteiger partial charge in [0.05, 0.1) is 18.4 Å². The number of methoxy groups -OCH3 is 1. The molecule has 20 heavy (non-hydrogen) atoms. The number of aliphatic imine (C=N–C) groups is 2. The first-order chi connectivity index (χ1) is 9.47. The summed E-state index contributed by atoms with van der Waals surface area (Å²) < 4.78 is 5.05. The zero-order valence-electron chi connectivity index (χ0n) is 12.0. The summed E-state index contributed by atoms with van der Waals surface area (Å²) in [6.07, 6.45) is 3.27. The van der Waals surface area contributed by atoms with Crippen LogP contribution < -0.4 is 0 Å². The van der Waals surface area contributed by atoms with Gasteiger partial charge in [0.15, 0.2) is 0 Å². The first-order valence-corrected chi connectivity index (χ1v) is 6.33. The van der Waals surface area contributed by atoms with E-state index in [1.807, 2.05) is 6.92 Å². The van der Waals surface area contributed by atoms with Crippen molar-refractivity contribution in [3.05, 3.63) is 12.3 Å². The van der Waals surface area contributed by atoms with Gasteiger partial charge in [0.2, 0.25) is 5.91 Å². The summed E-state index contributed by atoms with van der Waals surface area (Å²) in [5.41, 5.74) is 0.607. The number of amides is 3. The summed E-state index contributed by atoms with van der Waals surface area (Å²) in [7, 11) is 4.67. The number of rotatable bonds is 3. The number of ether oxygens (including phenoxy) is 1. The number of hydrogen-bond acceptors (Lipinski definition) is 5. The van der Waals surface area contributed by atoms with Gasteiger partial charge in [0.25, 0.3) is 0 Å². The third-order valence-electron chi connectivity index (χ3n) is 3.28. The molecule has 2 aliphatic rings. The standard InChI is InChI=1S/C13H18N4O3/c1-8(7-20-4)15-9-5-6-14-11-10(9)12(18)17(3)13(19)16(11)2/h5-6,8,10H,7H2,1-4H3. The van der Waals surface area contributed by atoms with E-state index >= 15 is 0 Å². The molecular weight excluding hydrogens is 260 g/mol. The normalized spacial score (nSPS) is 25.9. The van der Waals surface area contributed by atoms with Crippen LogP contribution in [-0.2, 0) is 9.53 Å². The predicted octanol–water partition coefficient (Wildman–Crippen LogP) is 0.528. The van der Waals surface area contributed by atoms with Gasteiger partial charge in [-0.05, 0) is 13.0 Å². The lowest BCUT2D eigenvalue weighted by atomic mass is 9.95. The van der Waals surface area contributed by atoms with Crippen molar-refractivity contribution in [1.82, 2.24) is 9.80 Å². The van der Waals surface area contributed by atoms with E-state index in [0.717, 1.165) is 4.90 Å². The largest absolute Gasteiger partial charge is 0.382 e. The number of hydrogen-bond donors (Lipinski definition) is 0. The van der Waals surface area contributed by atoms with E-state index in [1.54, 1.807) is 26.4 Å². The average molecular weight is 278 g/mol. The molecule has 0 saturated carbocycles. The first-order valence-electron chi connectivity index (χ1n) is 6.33. The third-order valence-corrected chi connectivity index (χ3v) is 3.28. The van der Waals surface area contributed by atoms with Crippen molar-refractivity contribution in [2.75, 3.05) is 27.8 Å². The van der Waals surface area contributed by atoms with E-state index in [0.29, 0.717) is 18.2 Å². The molecule has 7 nitrogen and oxygen atoms in total. The molecule has 0 aromatic heterocycles. The van der Waals surface area contributed by atoms with E-state index in [-0.39, 0.29) is 18.0 Å². The van der Waals surface area contributed by atoms with Crippen molar-refractivity contribution in [3.63, 3.8) is 0 Å². The Morgan fingerprint density at radius 2 is 2.10 bits per heavy atom. The third kappa shape index (κ3) is 2.36. The molecule has 7 heteroatoms. The smallest absolute Gasteiger partial charge is 0.331 e. The van der Waals surface area contributed by atoms with Crippen LogP contribution in [0.2, 0.25) is 0 Å². The maximum atomic E-state index is 12.3. The first kappa shape index (κ1) is 14.4. The monoisotopic (exact) mass is 278 g/mol. The van der Waals surface area contributed by atoms with Gasteiger partial charge in [-0.15, -0.1) is 0 Å². The molecule has 0 aromatic rings. The fraction of sp³-hybridized carbons (Fsp3) is 0.538. The zero-order chi connectivity index (χ0) is 14.9. The highest BCUT2D eigenvalue weighted by Gasteiger charge is 2.43. The van der Waals surface area contributed by atoms with E-state index < -0.39 is 5.92 Å². The predicted molar refractivity (Wildman–Crippen MR) is 74.8 cm³/mol. The van der Waals surface area contributed by atoms with Gasteiger partial charge >= 0.3 is 6.03 Å². The number of carbonyl (C=O) groups excluding carboxylic acids is 2. The number of carbonyl (C=O) groups is 2. The molecule has 2 rings (SSSR count). The fourth-order valence-electron chi connectivity index (χ4n) is 2.27. The van der Waals surface area contributed by atoms with Crippen molar-refractivity contribution in [2.45, 2.75) is 13.0 Å². The van der Waals surface area contributed by atoms with Crippen molar-refractivity contribution in [3.8, 4) is 0 Å². The van der Waals surface area contributed by atoms with Crippen molar-refractivity contribution < 1.29 is 14.3 Å². The van der Waals surface area contributed by atoms with Gasteiger partial charge in [-0.3, -0.25) is 19.6 Å². The SMILES string of the molecule is COCC(C)N=C1C=CN=C2C1C(=O)N(C)C(=O)N2C. The maximum Gasteiger partial charge on any atom is 0.331 e. The van der Waals surface area contributed by atoms with Crippen LogP contribution in [0.4, 0.5) is 4.79 Å². The van der Waals surface area contributed by atoms with E-state index in [2.05, 4.69) is 9.98 Å². The molecule has 0 radical (unpaired) electrons. The van der Waals surface area contributed by atoms with Crippen LogP contribution in [0, 0.1) is 5.92 Å². The summed E-state index contributed by atoms with van der Waals surface area (Å²) in [6.45, 7) is 2.37. The topological polar surface area (TPSA) is 74.6 Å². The molecule has 0 spiro atoms.